The lowest BCUT2D eigenvalue weighted by molar-refractivity contribution is 0.0779. The molecule has 0 aromatic carbocycles. The maximum Gasteiger partial charge on any atom is 0.317 e. The zero-order valence-corrected chi connectivity index (χ0v) is 10.9. The lowest BCUT2D eigenvalue weighted by Crippen LogP contribution is -2.48. The van der Waals surface area contributed by atoms with E-state index in [1.807, 2.05) is 4.90 Å². The van der Waals surface area contributed by atoms with E-state index in [9.17, 15) is 4.79 Å². The summed E-state index contributed by atoms with van der Waals surface area (Å²) in [5.41, 5.74) is 3.30. The Bertz CT molecular complexity index is 343. The number of carbonyl (C=O) groups is 1. The molecule has 0 spiro atoms. The van der Waals surface area contributed by atoms with E-state index in [4.69, 9.17) is 4.74 Å². The number of piperidine rings is 1. The second-order valence-electron chi connectivity index (χ2n) is 5.53. The number of allylic oxidation sites excluding steroid dienone is 1. The number of carbonyl (C=O) groups excluding carboxylic acids is 1. The number of ether oxygens (including phenoxy) is 1. The van der Waals surface area contributed by atoms with Crippen LogP contribution in [0.4, 0.5) is 4.79 Å². The highest BCUT2D eigenvalue weighted by molar-refractivity contribution is 5.74. The van der Waals surface area contributed by atoms with Gasteiger partial charge in [-0.1, -0.05) is 11.1 Å². The normalized spacial score (nSPS) is 25.2. The van der Waals surface area contributed by atoms with E-state index in [1.165, 1.54) is 12.8 Å². The van der Waals surface area contributed by atoms with Crippen LogP contribution in [0.2, 0.25) is 0 Å². The summed E-state index contributed by atoms with van der Waals surface area (Å²) in [6.45, 7) is 3.35. The van der Waals surface area contributed by atoms with Crippen molar-refractivity contribution in [3.8, 4) is 0 Å². The van der Waals surface area contributed by atoms with Crippen molar-refractivity contribution < 1.29 is 9.53 Å². The fourth-order valence-corrected chi connectivity index (χ4v) is 2.86. The average molecular weight is 250 g/mol. The smallest absolute Gasteiger partial charge is 0.317 e. The van der Waals surface area contributed by atoms with Gasteiger partial charge in [0, 0.05) is 32.3 Å². The first kappa shape index (κ1) is 12.0. The topological polar surface area (TPSA) is 41.6 Å². The molecule has 1 saturated carbocycles. The molecule has 2 aliphatic heterocycles. The van der Waals surface area contributed by atoms with Crippen molar-refractivity contribution in [2.24, 2.45) is 0 Å². The molecule has 3 rings (SSSR count). The van der Waals surface area contributed by atoms with Crippen molar-refractivity contribution in [2.75, 3.05) is 26.3 Å². The van der Waals surface area contributed by atoms with Crippen LogP contribution in [-0.4, -0.2) is 43.3 Å². The average Bonchev–Trinajstić information content (AvgIpc) is 3.24. The lowest BCUT2D eigenvalue weighted by atomic mass is 10.0. The summed E-state index contributed by atoms with van der Waals surface area (Å²) in [5, 5.41) is 3.14. The number of hydrogen-bond acceptors (Lipinski definition) is 2. The highest BCUT2D eigenvalue weighted by Crippen LogP contribution is 2.35. The Balaban J connectivity index is 1.46. The maximum atomic E-state index is 12.1. The van der Waals surface area contributed by atoms with Gasteiger partial charge in [0.15, 0.2) is 0 Å². The van der Waals surface area contributed by atoms with Gasteiger partial charge in [0.25, 0.3) is 0 Å². The van der Waals surface area contributed by atoms with Gasteiger partial charge in [-0.15, -0.1) is 0 Å². The molecule has 0 bridgehead atoms. The molecule has 3 aliphatic rings. The number of urea groups is 1. The van der Waals surface area contributed by atoms with Crippen LogP contribution < -0.4 is 5.32 Å². The minimum Gasteiger partial charge on any atom is -0.381 e. The summed E-state index contributed by atoms with van der Waals surface area (Å²) in [5.74, 6) is 0. The molecule has 0 aromatic heterocycles. The zero-order valence-electron chi connectivity index (χ0n) is 10.9. The first-order chi connectivity index (χ1) is 8.83. The molecule has 2 amide bonds. The Hall–Kier alpha value is -1.03. The summed E-state index contributed by atoms with van der Waals surface area (Å²) >= 11 is 0. The Morgan fingerprint density at radius 2 is 1.67 bits per heavy atom. The largest absolute Gasteiger partial charge is 0.381 e. The number of likely N-dealkylation sites (tertiary alicyclic amines) is 1. The van der Waals surface area contributed by atoms with E-state index in [-0.39, 0.29) is 6.03 Å². The molecule has 1 N–H and O–H groups in total. The molecule has 1 aliphatic carbocycles. The predicted molar refractivity (Wildman–Crippen MR) is 69.4 cm³/mol. The molecule has 0 atom stereocenters. The fraction of sp³-hybridized carbons (Fsp3) is 0.786. The molecule has 2 saturated heterocycles. The van der Waals surface area contributed by atoms with E-state index in [1.54, 1.807) is 11.1 Å². The van der Waals surface area contributed by atoms with Crippen molar-refractivity contribution in [3.05, 3.63) is 11.1 Å². The van der Waals surface area contributed by atoms with Gasteiger partial charge in [-0.25, -0.2) is 4.79 Å². The molecule has 4 nitrogen and oxygen atoms in total. The minimum atomic E-state index is 0.127. The van der Waals surface area contributed by atoms with Gasteiger partial charge in [0.2, 0.25) is 0 Å². The van der Waals surface area contributed by atoms with Gasteiger partial charge in [0.1, 0.15) is 0 Å². The number of amides is 2. The summed E-state index contributed by atoms with van der Waals surface area (Å²) < 4.78 is 5.30. The highest BCUT2D eigenvalue weighted by atomic mass is 16.5. The lowest BCUT2D eigenvalue weighted by Gasteiger charge is -2.31. The van der Waals surface area contributed by atoms with Crippen molar-refractivity contribution in [2.45, 2.75) is 44.6 Å². The molecule has 18 heavy (non-hydrogen) atoms. The molecule has 0 aromatic rings. The van der Waals surface area contributed by atoms with Crippen molar-refractivity contribution >= 4 is 6.03 Å². The Kier molecular flexibility index (Phi) is 3.55. The summed E-state index contributed by atoms with van der Waals surface area (Å²) in [4.78, 5) is 14.1. The van der Waals surface area contributed by atoms with Crippen LogP contribution in [0.5, 0.6) is 0 Å². The van der Waals surface area contributed by atoms with Gasteiger partial charge in [-0.3, -0.25) is 0 Å². The third kappa shape index (κ3) is 2.86. The van der Waals surface area contributed by atoms with Gasteiger partial charge in [-0.05, 0) is 38.5 Å². The summed E-state index contributed by atoms with van der Waals surface area (Å²) in [7, 11) is 0. The number of nitrogens with zero attached hydrogens (tertiary/aromatic N) is 1. The Morgan fingerprint density at radius 3 is 2.28 bits per heavy atom. The predicted octanol–water partition coefficient (Wildman–Crippen LogP) is 2.06. The summed E-state index contributed by atoms with van der Waals surface area (Å²) in [6.07, 6.45) is 6.71. The van der Waals surface area contributed by atoms with Crippen molar-refractivity contribution in [1.29, 1.82) is 0 Å². The van der Waals surface area contributed by atoms with Crippen LogP contribution >= 0.6 is 0 Å². The molecular formula is C14H22N2O2. The number of nitrogens with one attached hydrogen (secondary N) is 1. The van der Waals surface area contributed by atoms with Crippen LogP contribution in [0.25, 0.3) is 0 Å². The van der Waals surface area contributed by atoms with Crippen LogP contribution in [-0.2, 0) is 4.74 Å². The van der Waals surface area contributed by atoms with Gasteiger partial charge < -0.3 is 15.0 Å². The van der Waals surface area contributed by atoms with Crippen molar-refractivity contribution in [3.63, 3.8) is 0 Å². The second kappa shape index (κ2) is 5.31. The Labute approximate surface area is 108 Å². The molecular weight excluding hydrogens is 228 g/mol. The van der Waals surface area contributed by atoms with Crippen LogP contribution in [0.1, 0.15) is 38.5 Å². The van der Waals surface area contributed by atoms with E-state index < -0.39 is 0 Å². The maximum absolute atomic E-state index is 12.1. The third-order valence-corrected chi connectivity index (χ3v) is 4.20. The van der Waals surface area contributed by atoms with E-state index >= 15 is 0 Å². The van der Waals surface area contributed by atoms with E-state index in [0.717, 1.165) is 52.0 Å². The minimum absolute atomic E-state index is 0.127. The second-order valence-corrected chi connectivity index (χ2v) is 5.53. The molecule has 100 valence electrons. The van der Waals surface area contributed by atoms with Gasteiger partial charge in [-0.2, -0.15) is 0 Å². The van der Waals surface area contributed by atoms with Crippen LogP contribution in [0.15, 0.2) is 11.1 Å². The molecule has 3 fully saturated rings. The monoisotopic (exact) mass is 250 g/mol. The van der Waals surface area contributed by atoms with Gasteiger partial charge >= 0.3 is 6.03 Å². The van der Waals surface area contributed by atoms with Gasteiger partial charge in [0.05, 0.1) is 0 Å². The first-order valence-corrected chi connectivity index (χ1v) is 7.16. The van der Waals surface area contributed by atoms with E-state index in [0.29, 0.717) is 6.04 Å². The number of rotatable bonds is 1. The number of hydrogen-bond donors (Lipinski definition) is 1. The molecule has 0 unspecified atom stereocenters. The third-order valence-electron chi connectivity index (χ3n) is 4.20. The first-order valence-electron chi connectivity index (χ1n) is 7.16. The summed E-state index contributed by atoms with van der Waals surface area (Å²) in [6, 6.07) is 0.441. The van der Waals surface area contributed by atoms with Crippen LogP contribution in [0, 0.1) is 0 Å². The molecule has 4 heteroatoms. The zero-order chi connectivity index (χ0) is 12.4. The molecule has 0 radical (unpaired) electrons. The quantitative estimate of drug-likeness (QED) is 0.724. The standard InChI is InChI=1S/C14H22N2O2/c17-14(15-13-5-9-18-10-6-13)16-7-3-12(4-8-16)11-1-2-11/h13H,1-10H2,(H,15,17). The van der Waals surface area contributed by atoms with Crippen molar-refractivity contribution in [1.82, 2.24) is 10.2 Å². The van der Waals surface area contributed by atoms with Crippen LogP contribution in [0.3, 0.4) is 0 Å². The fourth-order valence-electron chi connectivity index (χ4n) is 2.86. The Morgan fingerprint density at radius 1 is 1.06 bits per heavy atom. The molecule has 2 heterocycles. The SMILES string of the molecule is O=C(NC1CCOCC1)N1CCC(=C2CC2)CC1. The van der Waals surface area contributed by atoms with E-state index in [2.05, 4.69) is 5.32 Å². The highest BCUT2D eigenvalue weighted by Gasteiger charge is 2.25.